The van der Waals surface area contributed by atoms with Crippen LogP contribution in [0.5, 0.6) is 0 Å². The molecule has 2 amide bonds. The Kier molecular flexibility index (Phi) is 4.23. The summed E-state index contributed by atoms with van der Waals surface area (Å²) in [5.74, 6) is -0.314. The van der Waals surface area contributed by atoms with E-state index >= 15 is 0 Å². The van der Waals surface area contributed by atoms with Gasteiger partial charge in [-0.1, -0.05) is 6.07 Å². The molecule has 2 aliphatic heterocycles. The van der Waals surface area contributed by atoms with Crippen molar-refractivity contribution in [2.24, 2.45) is 5.41 Å². The molecule has 160 valence electrons. The lowest BCUT2D eigenvalue weighted by atomic mass is 9.92. The number of nitrogens with zero attached hydrogens (tertiary/aromatic N) is 2. The number of anilines is 2. The molecule has 3 aromatic rings. The molecule has 1 aliphatic carbocycles. The summed E-state index contributed by atoms with van der Waals surface area (Å²) in [5.41, 5.74) is 5.99. The minimum atomic E-state index is -0.314. The van der Waals surface area contributed by atoms with Crippen LogP contribution in [-0.2, 0) is 13.0 Å². The number of piperidine rings is 1. The molecule has 0 atom stereocenters. The van der Waals surface area contributed by atoms with E-state index in [-0.39, 0.29) is 11.8 Å². The fourth-order valence-corrected chi connectivity index (χ4v) is 5.22. The summed E-state index contributed by atoms with van der Waals surface area (Å²) < 4.78 is 13.6. The number of benzene rings is 2. The molecule has 2 fully saturated rings. The molecule has 6 rings (SSSR count). The quantitative estimate of drug-likeness (QED) is 0.595. The highest BCUT2D eigenvalue weighted by Gasteiger charge is 2.44. The first kappa shape index (κ1) is 18.7. The molecule has 2 aromatic carbocycles. The molecular formula is C25H27FN4O. The summed E-state index contributed by atoms with van der Waals surface area (Å²) in [5, 5.41) is 3.64. The van der Waals surface area contributed by atoms with Gasteiger partial charge in [0.05, 0.1) is 5.69 Å². The summed E-state index contributed by atoms with van der Waals surface area (Å²) in [6.45, 7) is 3.61. The fourth-order valence-electron chi connectivity index (χ4n) is 5.22. The van der Waals surface area contributed by atoms with Crippen LogP contribution >= 0.6 is 0 Å². The van der Waals surface area contributed by atoms with Gasteiger partial charge in [0.15, 0.2) is 0 Å². The standard InChI is InChI=1S/C25H27FN4O/c26-19-2-4-22-21(14-19)23(15-27-22)28-24(31)30-10-5-17-13-20(3-1-18(17)16-30)29-11-8-25(6-7-25)9-12-29/h1-4,13-15,27H,5-12,16H2,(H,28,31). The Balaban J connectivity index is 1.14. The van der Waals surface area contributed by atoms with E-state index in [1.807, 2.05) is 4.90 Å². The third-order valence-corrected chi connectivity index (χ3v) is 7.52. The van der Waals surface area contributed by atoms with Gasteiger partial charge in [0, 0.05) is 49.0 Å². The van der Waals surface area contributed by atoms with Gasteiger partial charge in [0.2, 0.25) is 0 Å². The minimum Gasteiger partial charge on any atom is -0.371 e. The highest BCUT2D eigenvalue weighted by molar-refractivity contribution is 6.01. The maximum atomic E-state index is 13.6. The highest BCUT2D eigenvalue weighted by atomic mass is 19.1. The van der Waals surface area contributed by atoms with E-state index in [2.05, 4.69) is 33.4 Å². The van der Waals surface area contributed by atoms with E-state index in [1.165, 1.54) is 67.7 Å². The van der Waals surface area contributed by atoms with Gasteiger partial charge in [0.1, 0.15) is 5.82 Å². The normalized spacial score (nSPS) is 19.5. The van der Waals surface area contributed by atoms with Crippen LogP contribution in [0.2, 0.25) is 0 Å². The third-order valence-electron chi connectivity index (χ3n) is 7.52. The Morgan fingerprint density at radius 3 is 2.65 bits per heavy atom. The second kappa shape index (κ2) is 7.01. The first-order valence-electron chi connectivity index (χ1n) is 11.3. The molecule has 0 bridgehead atoms. The fraction of sp³-hybridized carbons (Fsp3) is 0.400. The van der Waals surface area contributed by atoms with Crippen LogP contribution in [-0.4, -0.2) is 35.5 Å². The van der Waals surface area contributed by atoms with Gasteiger partial charge < -0.3 is 20.1 Å². The lowest BCUT2D eigenvalue weighted by Crippen LogP contribution is -2.39. The number of carbonyl (C=O) groups excluding carboxylic acids is 1. The van der Waals surface area contributed by atoms with Crippen molar-refractivity contribution in [3.8, 4) is 0 Å². The monoisotopic (exact) mass is 418 g/mol. The van der Waals surface area contributed by atoms with Crippen LogP contribution in [0.1, 0.15) is 36.8 Å². The van der Waals surface area contributed by atoms with Gasteiger partial charge in [-0.25, -0.2) is 9.18 Å². The molecule has 3 heterocycles. The molecule has 3 aliphatic rings. The Labute approximate surface area is 181 Å². The van der Waals surface area contributed by atoms with Crippen molar-refractivity contribution in [1.29, 1.82) is 0 Å². The molecule has 0 unspecified atom stereocenters. The van der Waals surface area contributed by atoms with E-state index in [9.17, 15) is 9.18 Å². The number of rotatable bonds is 2. The Morgan fingerprint density at radius 2 is 1.84 bits per heavy atom. The minimum absolute atomic E-state index is 0.148. The molecule has 1 spiro atoms. The Hall–Kier alpha value is -3.02. The number of fused-ring (bicyclic) bond motifs is 2. The maximum absolute atomic E-state index is 13.6. The molecule has 0 radical (unpaired) electrons. The van der Waals surface area contributed by atoms with Crippen molar-refractivity contribution in [3.05, 3.63) is 59.5 Å². The number of aromatic nitrogens is 1. The number of urea groups is 1. The van der Waals surface area contributed by atoms with Crippen molar-refractivity contribution in [3.63, 3.8) is 0 Å². The van der Waals surface area contributed by atoms with Crippen LogP contribution in [0.4, 0.5) is 20.6 Å². The van der Waals surface area contributed by atoms with Crippen LogP contribution in [0.25, 0.3) is 10.9 Å². The van der Waals surface area contributed by atoms with Crippen molar-refractivity contribution < 1.29 is 9.18 Å². The first-order valence-corrected chi connectivity index (χ1v) is 11.3. The van der Waals surface area contributed by atoms with Gasteiger partial charge in [-0.2, -0.15) is 0 Å². The van der Waals surface area contributed by atoms with Crippen molar-refractivity contribution in [2.75, 3.05) is 29.9 Å². The van der Waals surface area contributed by atoms with Crippen molar-refractivity contribution in [2.45, 2.75) is 38.6 Å². The number of amides is 2. The number of hydrogen-bond acceptors (Lipinski definition) is 2. The summed E-state index contributed by atoms with van der Waals surface area (Å²) in [4.78, 5) is 20.3. The van der Waals surface area contributed by atoms with Crippen LogP contribution in [0, 0.1) is 11.2 Å². The second-order valence-corrected chi connectivity index (χ2v) is 9.43. The lowest BCUT2D eigenvalue weighted by molar-refractivity contribution is 0.206. The number of nitrogens with one attached hydrogen (secondary N) is 2. The molecule has 2 N–H and O–H groups in total. The number of carbonyl (C=O) groups is 1. The average Bonchev–Trinajstić information content (AvgIpc) is 3.44. The average molecular weight is 419 g/mol. The summed E-state index contributed by atoms with van der Waals surface area (Å²) in [6, 6.07) is 11.1. The summed E-state index contributed by atoms with van der Waals surface area (Å²) >= 11 is 0. The van der Waals surface area contributed by atoms with Gasteiger partial charge in [-0.3, -0.25) is 0 Å². The van der Waals surface area contributed by atoms with Gasteiger partial charge in [-0.15, -0.1) is 0 Å². The smallest absolute Gasteiger partial charge is 0.322 e. The van der Waals surface area contributed by atoms with Crippen molar-refractivity contribution >= 4 is 28.3 Å². The topological polar surface area (TPSA) is 51.4 Å². The van der Waals surface area contributed by atoms with Crippen molar-refractivity contribution in [1.82, 2.24) is 9.88 Å². The molecule has 31 heavy (non-hydrogen) atoms. The molecule has 1 aromatic heterocycles. The zero-order valence-electron chi connectivity index (χ0n) is 17.6. The molecule has 1 saturated carbocycles. The predicted molar refractivity (Wildman–Crippen MR) is 121 cm³/mol. The van der Waals surface area contributed by atoms with E-state index < -0.39 is 0 Å². The third kappa shape index (κ3) is 3.44. The van der Waals surface area contributed by atoms with Gasteiger partial charge in [0.25, 0.3) is 0 Å². The number of aromatic amines is 1. The van der Waals surface area contributed by atoms with E-state index in [0.29, 0.717) is 29.6 Å². The Morgan fingerprint density at radius 1 is 1.00 bits per heavy atom. The van der Waals surface area contributed by atoms with E-state index in [4.69, 9.17) is 0 Å². The second-order valence-electron chi connectivity index (χ2n) is 9.43. The van der Waals surface area contributed by atoms with Crippen LogP contribution in [0.15, 0.2) is 42.6 Å². The molecule has 5 nitrogen and oxygen atoms in total. The van der Waals surface area contributed by atoms with E-state index in [0.717, 1.165) is 11.9 Å². The molecule has 1 saturated heterocycles. The largest absolute Gasteiger partial charge is 0.371 e. The lowest BCUT2D eigenvalue weighted by Gasteiger charge is -2.35. The zero-order valence-corrected chi connectivity index (χ0v) is 17.6. The number of hydrogen-bond donors (Lipinski definition) is 2. The van der Waals surface area contributed by atoms with Crippen LogP contribution < -0.4 is 10.2 Å². The summed E-state index contributed by atoms with van der Waals surface area (Å²) in [7, 11) is 0. The Bertz CT molecular complexity index is 1160. The zero-order chi connectivity index (χ0) is 21.0. The summed E-state index contributed by atoms with van der Waals surface area (Å²) in [6.07, 6.45) is 8.09. The van der Waals surface area contributed by atoms with Gasteiger partial charge in [-0.05, 0) is 79.0 Å². The molecular weight excluding hydrogens is 391 g/mol. The predicted octanol–water partition coefficient (Wildman–Crippen LogP) is 5.28. The maximum Gasteiger partial charge on any atom is 0.322 e. The first-order chi connectivity index (χ1) is 15.1. The number of H-pyrrole nitrogens is 1. The number of halogens is 1. The highest BCUT2D eigenvalue weighted by Crippen LogP contribution is 2.54. The SMILES string of the molecule is O=C(Nc1c[nH]c2ccc(F)cc12)N1CCc2cc(N3CCC4(CC3)CC4)ccc2C1. The molecule has 6 heteroatoms. The van der Waals surface area contributed by atoms with E-state index in [1.54, 1.807) is 12.3 Å². The van der Waals surface area contributed by atoms with Gasteiger partial charge >= 0.3 is 6.03 Å². The van der Waals surface area contributed by atoms with Crippen LogP contribution in [0.3, 0.4) is 0 Å².